The number of hydrogen-bond donors (Lipinski definition) is 2. The van der Waals surface area contributed by atoms with Gasteiger partial charge in [0.05, 0.1) is 0 Å². The molecule has 5 heteroatoms. The van der Waals surface area contributed by atoms with E-state index in [-0.39, 0.29) is 11.3 Å². The largest absolute Gasteiger partial charge is 0.409 e. The summed E-state index contributed by atoms with van der Waals surface area (Å²) in [6.07, 6.45) is 1.66. The van der Waals surface area contributed by atoms with Gasteiger partial charge in [0.25, 0.3) is 0 Å². The number of pyridine rings is 1. The van der Waals surface area contributed by atoms with Crippen LogP contribution in [0.3, 0.4) is 0 Å². The first-order chi connectivity index (χ1) is 8.27. The second kappa shape index (κ2) is 5.25. The van der Waals surface area contributed by atoms with Crippen LogP contribution >= 0.6 is 0 Å². The van der Waals surface area contributed by atoms with Crippen LogP contribution in [0, 0.1) is 5.41 Å². The smallest absolute Gasteiger partial charge is 0.188 e. The van der Waals surface area contributed by atoms with Gasteiger partial charge in [-0.15, -0.1) is 0 Å². The molecule has 5 nitrogen and oxygen atoms in total. The quantitative estimate of drug-likeness (QED) is 0.372. The Kier molecular flexibility index (Phi) is 4.16. The second-order valence-corrected chi connectivity index (χ2v) is 5.54. The lowest BCUT2D eigenvalue weighted by molar-refractivity contribution is 0.318. The fourth-order valence-corrected chi connectivity index (χ4v) is 1.63. The molecule has 1 atom stereocenters. The summed E-state index contributed by atoms with van der Waals surface area (Å²) in [6, 6.07) is 4.08. The number of rotatable bonds is 3. The molecule has 0 aliphatic heterocycles. The molecule has 1 rings (SSSR count). The molecule has 1 heterocycles. The van der Waals surface area contributed by atoms with Crippen molar-refractivity contribution in [2.24, 2.45) is 16.3 Å². The minimum absolute atomic E-state index is 0.0219. The highest BCUT2D eigenvalue weighted by molar-refractivity contribution is 5.95. The van der Waals surface area contributed by atoms with Gasteiger partial charge in [-0.3, -0.25) is 4.98 Å². The van der Waals surface area contributed by atoms with E-state index in [1.54, 1.807) is 6.20 Å². The summed E-state index contributed by atoms with van der Waals surface area (Å²) in [5, 5.41) is 11.6. The molecule has 0 aromatic carbocycles. The molecule has 100 valence electrons. The zero-order chi connectivity index (χ0) is 13.9. The van der Waals surface area contributed by atoms with Crippen molar-refractivity contribution < 1.29 is 5.21 Å². The average Bonchev–Trinajstić information content (AvgIpc) is 2.35. The number of aromatic nitrogens is 1. The predicted molar refractivity (Wildman–Crippen MR) is 74.1 cm³/mol. The van der Waals surface area contributed by atoms with Gasteiger partial charge in [-0.2, -0.15) is 0 Å². The maximum atomic E-state index is 8.67. The van der Waals surface area contributed by atoms with Crippen LogP contribution < -0.4 is 10.6 Å². The van der Waals surface area contributed by atoms with E-state index >= 15 is 0 Å². The second-order valence-electron chi connectivity index (χ2n) is 5.54. The molecule has 0 aliphatic rings. The SMILES string of the molecule is CC(N(C)c1ccnc(/C(N)=N/O)c1)C(C)(C)C. The van der Waals surface area contributed by atoms with Crippen molar-refractivity contribution in [3.8, 4) is 0 Å². The van der Waals surface area contributed by atoms with Crippen LogP contribution in [0.4, 0.5) is 5.69 Å². The van der Waals surface area contributed by atoms with Gasteiger partial charge in [0.15, 0.2) is 5.84 Å². The summed E-state index contributed by atoms with van der Waals surface area (Å²) in [5.41, 5.74) is 7.18. The van der Waals surface area contributed by atoms with Gasteiger partial charge < -0.3 is 15.8 Å². The Labute approximate surface area is 108 Å². The maximum absolute atomic E-state index is 8.67. The summed E-state index contributed by atoms with van der Waals surface area (Å²) < 4.78 is 0. The number of amidine groups is 1. The monoisotopic (exact) mass is 250 g/mol. The van der Waals surface area contributed by atoms with Gasteiger partial charge in [-0.05, 0) is 24.5 Å². The van der Waals surface area contributed by atoms with Crippen molar-refractivity contribution in [1.29, 1.82) is 0 Å². The Hall–Kier alpha value is -1.78. The van der Waals surface area contributed by atoms with Crippen LogP contribution in [0.1, 0.15) is 33.4 Å². The van der Waals surface area contributed by atoms with Crippen molar-refractivity contribution in [3.05, 3.63) is 24.0 Å². The zero-order valence-electron chi connectivity index (χ0n) is 11.7. The minimum Gasteiger partial charge on any atom is -0.409 e. The first-order valence-corrected chi connectivity index (χ1v) is 5.94. The van der Waals surface area contributed by atoms with Gasteiger partial charge in [-0.1, -0.05) is 25.9 Å². The third kappa shape index (κ3) is 3.12. The number of hydrogen-bond acceptors (Lipinski definition) is 4. The molecule has 0 amide bonds. The van der Waals surface area contributed by atoms with E-state index in [1.165, 1.54) is 0 Å². The van der Waals surface area contributed by atoms with E-state index in [0.29, 0.717) is 11.7 Å². The summed E-state index contributed by atoms with van der Waals surface area (Å²) in [5.74, 6) is 0.0219. The molecule has 1 aromatic rings. The molecule has 0 fully saturated rings. The van der Waals surface area contributed by atoms with Crippen molar-refractivity contribution in [3.63, 3.8) is 0 Å². The van der Waals surface area contributed by atoms with Crippen LogP contribution in [0.25, 0.3) is 0 Å². The molecular formula is C13H22N4O. The lowest BCUT2D eigenvalue weighted by atomic mass is 9.87. The number of nitrogens with two attached hydrogens (primary N) is 1. The highest BCUT2D eigenvalue weighted by Crippen LogP contribution is 2.27. The van der Waals surface area contributed by atoms with E-state index in [4.69, 9.17) is 10.9 Å². The van der Waals surface area contributed by atoms with Crippen molar-refractivity contribution in [2.75, 3.05) is 11.9 Å². The standard InChI is InChI=1S/C13H22N4O/c1-9(13(2,3)4)17(5)10-6-7-15-11(8-10)12(14)16-18/h6-9,18H,1-5H3,(H2,14,16). The molecule has 0 aliphatic carbocycles. The van der Waals surface area contributed by atoms with Crippen LogP contribution in [0.2, 0.25) is 0 Å². The molecule has 1 unspecified atom stereocenters. The molecule has 0 saturated heterocycles. The van der Waals surface area contributed by atoms with E-state index in [1.807, 2.05) is 19.2 Å². The maximum Gasteiger partial charge on any atom is 0.188 e. The summed E-state index contributed by atoms with van der Waals surface area (Å²) in [7, 11) is 2.03. The Balaban J connectivity index is 3.04. The van der Waals surface area contributed by atoms with Gasteiger partial charge in [0, 0.05) is 25.0 Å². The van der Waals surface area contributed by atoms with E-state index in [0.717, 1.165) is 5.69 Å². The Morgan fingerprint density at radius 2 is 2.11 bits per heavy atom. The molecule has 0 bridgehead atoms. The third-order valence-corrected chi connectivity index (χ3v) is 3.36. The zero-order valence-corrected chi connectivity index (χ0v) is 11.7. The lowest BCUT2D eigenvalue weighted by Crippen LogP contribution is -2.39. The normalized spacial score (nSPS) is 14.4. The van der Waals surface area contributed by atoms with Crippen LogP contribution in [0.15, 0.2) is 23.5 Å². The highest BCUT2D eigenvalue weighted by atomic mass is 16.4. The summed E-state index contributed by atoms with van der Waals surface area (Å²) >= 11 is 0. The van der Waals surface area contributed by atoms with Gasteiger partial charge >= 0.3 is 0 Å². The van der Waals surface area contributed by atoms with Gasteiger partial charge in [0.1, 0.15) is 5.69 Å². The number of anilines is 1. The highest BCUT2D eigenvalue weighted by Gasteiger charge is 2.24. The van der Waals surface area contributed by atoms with Crippen molar-refractivity contribution in [2.45, 2.75) is 33.7 Å². The Morgan fingerprint density at radius 1 is 1.50 bits per heavy atom. The molecular weight excluding hydrogens is 228 g/mol. The average molecular weight is 250 g/mol. The van der Waals surface area contributed by atoms with Crippen molar-refractivity contribution in [1.82, 2.24) is 4.98 Å². The van der Waals surface area contributed by atoms with E-state index in [9.17, 15) is 0 Å². The van der Waals surface area contributed by atoms with Crippen molar-refractivity contribution >= 4 is 11.5 Å². The number of oxime groups is 1. The summed E-state index contributed by atoms with van der Waals surface area (Å²) in [6.45, 7) is 8.75. The molecule has 0 radical (unpaired) electrons. The molecule has 0 spiro atoms. The van der Waals surface area contributed by atoms with Crippen LogP contribution in [-0.4, -0.2) is 29.1 Å². The Morgan fingerprint density at radius 3 is 2.61 bits per heavy atom. The van der Waals surface area contributed by atoms with E-state index in [2.05, 4.69) is 42.7 Å². The van der Waals surface area contributed by atoms with Gasteiger partial charge in [0.2, 0.25) is 0 Å². The topological polar surface area (TPSA) is 74.7 Å². The fraction of sp³-hybridized carbons (Fsp3) is 0.538. The first-order valence-electron chi connectivity index (χ1n) is 5.94. The summed E-state index contributed by atoms with van der Waals surface area (Å²) in [4.78, 5) is 6.23. The third-order valence-electron chi connectivity index (χ3n) is 3.36. The number of nitrogens with zero attached hydrogens (tertiary/aromatic N) is 3. The Bertz CT molecular complexity index is 437. The van der Waals surface area contributed by atoms with Gasteiger partial charge in [-0.25, -0.2) is 0 Å². The van der Waals surface area contributed by atoms with E-state index < -0.39 is 0 Å². The molecule has 3 N–H and O–H groups in total. The van der Waals surface area contributed by atoms with Crippen LogP contribution in [0.5, 0.6) is 0 Å². The first kappa shape index (κ1) is 14.3. The fourth-order valence-electron chi connectivity index (χ4n) is 1.63. The van der Waals surface area contributed by atoms with Crippen LogP contribution in [-0.2, 0) is 0 Å². The molecule has 1 aromatic heterocycles. The lowest BCUT2D eigenvalue weighted by Gasteiger charge is -2.36. The molecule has 18 heavy (non-hydrogen) atoms. The predicted octanol–water partition coefficient (Wildman–Crippen LogP) is 2.05. The molecule has 0 saturated carbocycles. The minimum atomic E-state index is 0.0219.